The molecule has 4 heterocycles. The number of halogens is 4. The van der Waals surface area contributed by atoms with Crippen molar-refractivity contribution in [2.75, 3.05) is 11.9 Å². The largest absolute Gasteiger partial charge is 0.351 e. The topological polar surface area (TPSA) is 100 Å². The van der Waals surface area contributed by atoms with Crippen LogP contribution in [0.25, 0.3) is 27.8 Å². The Bertz CT molecular complexity index is 1310. The highest BCUT2D eigenvalue weighted by Gasteiger charge is 2.45. The maximum absolute atomic E-state index is 13.0. The van der Waals surface area contributed by atoms with Crippen LogP contribution >= 0.6 is 0 Å². The minimum absolute atomic E-state index is 0.127. The highest BCUT2D eigenvalue weighted by molar-refractivity contribution is 5.95. The first-order valence-corrected chi connectivity index (χ1v) is 9.81. The van der Waals surface area contributed by atoms with E-state index in [-0.39, 0.29) is 30.5 Å². The van der Waals surface area contributed by atoms with Gasteiger partial charge in [-0.2, -0.15) is 4.98 Å². The highest BCUT2D eigenvalue weighted by atomic mass is 19.3. The number of imidazole rings is 1. The third-order valence-corrected chi connectivity index (χ3v) is 5.32. The standard InChI is InChI=1S/C20H17F4N7O/c21-15(22)8-27-18(32)14-7-25-16-2-1-10(9-31(14)16)12-5-26-17-13(12)6-28-19(30-17)29-11-3-20(23,24)4-11/h1-2,5-7,9,11,15H,3-4,8H2,(H,27,32)(H2,26,28,29,30). The molecule has 0 radical (unpaired) electrons. The normalized spacial score (nSPS) is 15.9. The molecule has 12 heteroatoms. The van der Waals surface area contributed by atoms with Crippen LogP contribution in [0.15, 0.2) is 36.9 Å². The molecule has 1 fully saturated rings. The molecule has 0 aromatic carbocycles. The van der Waals surface area contributed by atoms with Gasteiger partial charge in [0.15, 0.2) is 0 Å². The van der Waals surface area contributed by atoms with Crippen LogP contribution in [0.1, 0.15) is 23.3 Å². The SMILES string of the molecule is O=C(NCC(F)F)c1cnc2ccc(-c3c[nH]c4nc(NC5CC(F)(F)C5)ncc34)cn12. The molecule has 1 amide bonds. The van der Waals surface area contributed by atoms with Gasteiger partial charge in [0.1, 0.15) is 17.0 Å². The van der Waals surface area contributed by atoms with Gasteiger partial charge in [-0.15, -0.1) is 0 Å². The number of H-pyrrole nitrogens is 1. The summed E-state index contributed by atoms with van der Waals surface area (Å²) in [4.78, 5) is 28.0. The molecule has 0 aliphatic heterocycles. The van der Waals surface area contributed by atoms with Crippen LogP contribution in [-0.4, -0.2) is 55.2 Å². The molecule has 5 rings (SSSR count). The predicted octanol–water partition coefficient (Wildman–Crippen LogP) is 3.48. The van der Waals surface area contributed by atoms with E-state index in [4.69, 9.17) is 0 Å². The molecule has 0 spiro atoms. The third-order valence-electron chi connectivity index (χ3n) is 5.32. The van der Waals surface area contributed by atoms with Gasteiger partial charge in [0.2, 0.25) is 5.95 Å². The average molecular weight is 447 g/mol. The quantitative estimate of drug-likeness (QED) is 0.393. The smallest absolute Gasteiger partial charge is 0.270 e. The molecule has 4 aromatic heterocycles. The van der Waals surface area contributed by atoms with Crippen molar-refractivity contribution in [1.82, 2.24) is 29.7 Å². The molecule has 0 unspecified atom stereocenters. The third kappa shape index (κ3) is 3.72. The molecule has 1 aliphatic carbocycles. The number of alkyl halides is 4. The van der Waals surface area contributed by atoms with Crippen LogP contribution < -0.4 is 10.6 Å². The van der Waals surface area contributed by atoms with Gasteiger partial charge in [-0.25, -0.2) is 27.5 Å². The van der Waals surface area contributed by atoms with E-state index in [0.29, 0.717) is 22.2 Å². The van der Waals surface area contributed by atoms with E-state index in [9.17, 15) is 22.4 Å². The van der Waals surface area contributed by atoms with Crippen molar-refractivity contribution in [3.05, 3.63) is 42.6 Å². The zero-order valence-electron chi connectivity index (χ0n) is 16.4. The lowest BCUT2D eigenvalue weighted by atomic mass is 9.88. The lowest BCUT2D eigenvalue weighted by Gasteiger charge is -2.35. The molecule has 32 heavy (non-hydrogen) atoms. The number of pyridine rings is 1. The number of hydrogen-bond donors (Lipinski definition) is 3. The van der Waals surface area contributed by atoms with E-state index in [2.05, 4.69) is 30.6 Å². The molecule has 0 bridgehead atoms. The zero-order valence-corrected chi connectivity index (χ0v) is 16.4. The summed E-state index contributed by atoms with van der Waals surface area (Å²) in [5.74, 6) is -3.04. The minimum atomic E-state index is -2.65. The number of aromatic nitrogens is 5. The van der Waals surface area contributed by atoms with E-state index in [1.54, 1.807) is 30.7 Å². The van der Waals surface area contributed by atoms with Crippen LogP contribution in [0.5, 0.6) is 0 Å². The summed E-state index contributed by atoms with van der Waals surface area (Å²) in [5.41, 5.74) is 2.59. The van der Waals surface area contributed by atoms with Gasteiger partial charge in [-0.05, 0) is 12.1 Å². The van der Waals surface area contributed by atoms with Crippen molar-refractivity contribution in [2.45, 2.75) is 31.2 Å². The number of carbonyl (C=O) groups excluding carboxylic acids is 1. The first-order valence-electron chi connectivity index (χ1n) is 9.81. The lowest BCUT2D eigenvalue weighted by Crippen LogP contribution is -2.44. The summed E-state index contributed by atoms with van der Waals surface area (Å²) in [6.45, 7) is -0.750. The van der Waals surface area contributed by atoms with Gasteiger partial charge in [0.05, 0.1) is 12.7 Å². The molecule has 166 valence electrons. The molecule has 3 N–H and O–H groups in total. The number of nitrogens with one attached hydrogen (secondary N) is 3. The van der Waals surface area contributed by atoms with Gasteiger partial charge in [-0.1, -0.05) is 0 Å². The Morgan fingerprint density at radius 1 is 1.25 bits per heavy atom. The van der Waals surface area contributed by atoms with Crippen molar-refractivity contribution in [1.29, 1.82) is 0 Å². The Labute approximate surface area is 178 Å². The fraction of sp³-hybridized carbons (Fsp3) is 0.300. The number of carbonyl (C=O) groups is 1. The molecule has 4 aromatic rings. The summed E-state index contributed by atoms with van der Waals surface area (Å²) in [7, 11) is 0. The summed E-state index contributed by atoms with van der Waals surface area (Å²) < 4.78 is 52.4. The highest BCUT2D eigenvalue weighted by Crippen LogP contribution is 2.38. The molecular formula is C20H17F4N7O. The molecular weight excluding hydrogens is 430 g/mol. The molecule has 0 saturated heterocycles. The van der Waals surface area contributed by atoms with Gasteiger partial charge < -0.3 is 15.6 Å². The maximum atomic E-state index is 13.0. The van der Waals surface area contributed by atoms with Gasteiger partial charge in [-0.3, -0.25) is 9.20 Å². The molecule has 1 saturated carbocycles. The van der Waals surface area contributed by atoms with Crippen LogP contribution in [0, 0.1) is 0 Å². The number of fused-ring (bicyclic) bond motifs is 2. The number of hydrogen-bond acceptors (Lipinski definition) is 5. The van der Waals surface area contributed by atoms with Gasteiger partial charge in [0, 0.05) is 54.0 Å². The van der Waals surface area contributed by atoms with Gasteiger partial charge in [0.25, 0.3) is 18.3 Å². The fourth-order valence-electron chi connectivity index (χ4n) is 3.73. The number of nitrogens with zero attached hydrogens (tertiary/aromatic N) is 4. The van der Waals surface area contributed by atoms with E-state index in [1.807, 2.05) is 0 Å². The zero-order chi connectivity index (χ0) is 22.5. The number of anilines is 1. The molecule has 8 nitrogen and oxygen atoms in total. The molecule has 1 aliphatic rings. The van der Waals surface area contributed by atoms with Crippen LogP contribution in [-0.2, 0) is 0 Å². The summed E-state index contributed by atoms with van der Waals surface area (Å²) in [6, 6.07) is 3.13. The first-order chi connectivity index (χ1) is 15.3. The first kappa shape index (κ1) is 20.2. The average Bonchev–Trinajstić information content (AvgIpc) is 3.34. The maximum Gasteiger partial charge on any atom is 0.270 e. The van der Waals surface area contributed by atoms with Crippen molar-refractivity contribution in [3.63, 3.8) is 0 Å². The Hall–Kier alpha value is -3.70. The monoisotopic (exact) mass is 447 g/mol. The van der Waals surface area contributed by atoms with E-state index < -0.39 is 24.8 Å². The summed E-state index contributed by atoms with van der Waals surface area (Å²) in [6.07, 6.45) is 3.15. The molecule has 0 atom stereocenters. The Balaban J connectivity index is 1.42. The van der Waals surface area contributed by atoms with E-state index >= 15 is 0 Å². The summed E-state index contributed by atoms with van der Waals surface area (Å²) in [5, 5.41) is 5.76. The Morgan fingerprint density at radius 2 is 2.06 bits per heavy atom. The lowest BCUT2D eigenvalue weighted by molar-refractivity contribution is -0.0794. The predicted molar refractivity (Wildman–Crippen MR) is 108 cm³/mol. The van der Waals surface area contributed by atoms with Crippen molar-refractivity contribution < 1.29 is 22.4 Å². The van der Waals surface area contributed by atoms with E-state index in [1.165, 1.54) is 10.6 Å². The van der Waals surface area contributed by atoms with Crippen LogP contribution in [0.2, 0.25) is 0 Å². The second-order valence-corrected chi connectivity index (χ2v) is 7.65. The van der Waals surface area contributed by atoms with E-state index in [0.717, 1.165) is 5.56 Å². The van der Waals surface area contributed by atoms with Crippen molar-refractivity contribution >= 4 is 28.5 Å². The fourth-order valence-corrected chi connectivity index (χ4v) is 3.73. The van der Waals surface area contributed by atoms with Crippen molar-refractivity contribution in [3.8, 4) is 11.1 Å². The minimum Gasteiger partial charge on any atom is -0.351 e. The number of rotatable bonds is 6. The Kier molecular flexibility index (Phi) is 4.72. The van der Waals surface area contributed by atoms with Crippen LogP contribution in [0.3, 0.4) is 0 Å². The van der Waals surface area contributed by atoms with Gasteiger partial charge >= 0.3 is 0 Å². The number of aromatic amines is 1. The van der Waals surface area contributed by atoms with Crippen molar-refractivity contribution in [2.24, 2.45) is 0 Å². The summed E-state index contributed by atoms with van der Waals surface area (Å²) >= 11 is 0. The number of amides is 1. The Morgan fingerprint density at radius 3 is 2.81 bits per heavy atom. The van der Waals surface area contributed by atoms with Crippen LogP contribution in [0.4, 0.5) is 23.5 Å². The second-order valence-electron chi connectivity index (χ2n) is 7.65. The second kappa shape index (κ2) is 7.46.